The van der Waals surface area contributed by atoms with Crippen molar-refractivity contribution in [2.75, 3.05) is 20.1 Å². The molecule has 0 spiro atoms. The van der Waals surface area contributed by atoms with Crippen LogP contribution in [0.5, 0.6) is 5.75 Å². The first kappa shape index (κ1) is 21.0. The van der Waals surface area contributed by atoms with Crippen molar-refractivity contribution >= 4 is 29.9 Å². The second-order valence-electron chi connectivity index (χ2n) is 6.33. The highest BCUT2D eigenvalue weighted by molar-refractivity contribution is 14.0. The zero-order valence-electron chi connectivity index (χ0n) is 15.5. The minimum Gasteiger partial charge on any atom is -0.490 e. The van der Waals surface area contributed by atoms with Gasteiger partial charge in [-0.05, 0) is 29.8 Å². The normalized spacial score (nSPS) is 14.8. The fraction of sp³-hybridized carbons (Fsp3) is 0.333. The average molecular weight is 476 g/mol. The largest absolute Gasteiger partial charge is 0.490 e. The van der Waals surface area contributed by atoms with E-state index in [1.165, 1.54) is 0 Å². The van der Waals surface area contributed by atoms with Gasteiger partial charge in [0.2, 0.25) is 0 Å². The summed E-state index contributed by atoms with van der Waals surface area (Å²) in [7, 11) is 1.81. The molecule has 3 rings (SSSR count). The predicted molar refractivity (Wildman–Crippen MR) is 118 cm³/mol. The highest BCUT2D eigenvalue weighted by atomic mass is 127. The van der Waals surface area contributed by atoms with Gasteiger partial charge in [-0.25, -0.2) is 0 Å². The Labute approximate surface area is 178 Å². The minimum atomic E-state index is 0. The molecular weight excluding hydrogens is 451 g/mol. The molecule has 5 nitrogen and oxygen atoms in total. The van der Waals surface area contributed by atoms with Gasteiger partial charge in [-0.1, -0.05) is 30.3 Å². The Morgan fingerprint density at radius 3 is 2.59 bits per heavy atom. The van der Waals surface area contributed by atoms with Gasteiger partial charge >= 0.3 is 0 Å². The van der Waals surface area contributed by atoms with E-state index in [0.717, 1.165) is 43.2 Å². The Morgan fingerprint density at radius 2 is 1.93 bits per heavy atom. The molecule has 2 aromatic carbocycles. The van der Waals surface area contributed by atoms with E-state index in [4.69, 9.17) is 10.00 Å². The molecule has 0 radical (unpaired) electrons. The third-order valence-corrected chi connectivity index (χ3v) is 4.51. The number of piperidine rings is 1. The number of likely N-dealkylation sites (tertiary alicyclic amines) is 1. The molecule has 0 aromatic heterocycles. The van der Waals surface area contributed by atoms with Crippen LogP contribution in [0.15, 0.2) is 59.6 Å². The molecule has 6 heteroatoms. The van der Waals surface area contributed by atoms with Crippen LogP contribution in [0.3, 0.4) is 0 Å². The van der Waals surface area contributed by atoms with Crippen LogP contribution < -0.4 is 10.1 Å². The summed E-state index contributed by atoms with van der Waals surface area (Å²) in [6.45, 7) is 2.48. The number of hydrogen-bond acceptors (Lipinski definition) is 3. The van der Waals surface area contributed by atoms with Crippen molar-refractivity contribution in [3.63, 3.8) is 0 Å². The molecule has 1 aliphatic rings. The highest BCUT2D eigenvalue weighted by Gasteiger charge is 2.22. The number of benzene rings is 2. The fourth-order valence-corrected chi connectivity index (χ4v) is 3.14. The second kappa shape index (κ2) is 10.8. The van der Waals surface area contributed by atoms with Crippen molar-refractivity contribution in [2.24, 2.45) is 4.99 Å². The number of para-hydroxylation sites is 1. The molecule has 0 saturated carbocycles. The van der Waals surface area contributed by atoms with Crippen LogP contribution in [0.25, 0.3) is 0 Å². The van der Waals surface area contributed by atoms with Crippen molar-refractivity contribution in [3.8, 4) is 11.8 Å². The maximum Gasteiger partial charge on any atom is 0.193 e. The molecule has 0 unspecified atom stereocenters. The smallest absolute Gasteiger partial charge is 0.193 e. The molecule has 0 amide bonds. The topological polar surface area (TPSA) is 60.7 Å². The van der Waals surface area contributed by atoms with E-state index in [1.54, 1.807) is 7.05 Å². The van der Waals surface area contributed by atoms with Crippen molar-refractivity contribution in [2.45, 2.75) is 25.5 Å². The van der Waals surface area contributed by atoms with E-state index in [1.807, 2.05) is 54.6 Å². The molecule has 0 atom stereocenters. The summed E-state index contributed by atoms with van der Waals surface area (Å²) in [5.74, 6) is 1.83. The minimum absolute atomic E-state index is 0. The Kier molecular flexibility index (Phi) is 8.40. The molecule has 1 fully saturated rings. The Morgan fingerprint density at radius 1 is 1.19 bits per heavy atom. The van der Waals surface area contributed by atoms with Crippen LogP contribution in [0, 0.1) is 11.3 Å². The highest BCUT2D eigenvalue weighted by Crippen LogP contribution is 2.18. The van der Waals surface area contributed by atoms with Gasteiger partial charge in [-0.2, -0.15) is 5.26 Å². The zero-order valence-corrected chi connectivity index (χ0v) is 17.8. The maximum atomic E-state index is 9.01. The predicted octanol–water partition coefficient (Wildman–Crippen LogP) is 3.80. The van der Waals surface area contributed by atoms with Crippen LogP contribution in [0.2, 0.25) is 0 Å². The lowest BCUT2D eigenvalue weighted by atomic mass is 10.1. The number of guanidine groups is 1. The van der Waals surface area contributed by atoms with E-state index in [-0.39, 0.29) is 30.1 Å². The van der Waals surface area contributed by atoms with Crippen molar-refractivity contribution in [3.05, 3.63) is 65.7 Å². The van der Waals surface area contributed by atoms with Gasteiger partial charge in [-0.3, -0.25) is 4.99 Å². The molecule has 1 N–H and O–H groups in total. The molecule has 0 aliphatic carbocycles. The zero-order chi connectivity index (χ0) is 18.2. The monoisotopic (exact) mass is 476 g/mol. The molecule has 27 heavy (non-hydrogen) atoms. The van der Waals surface area contributed by atoms with Gasteiger partial charge in [0, 0.05) is 39.5 Å². The molecule has 1 saturated heterocycles. The van der Waals surface area contributed by atoms with Crippen LogP contribution in [0.4, 0.5) is 0 Å². The number of aliphatic imine (C=N–C) groups is 1. The summed E-state index contributed by atoms with van der Waals surface area (Å²) < 4.78 is 6.05. The molecule has 0 bridgehead atoms. The van der Waals surface area contributed by atoms with Gasteiger partial charge in [0.1, 0.15) is 11.9 Å². The number of hydrogen-bond donors (Lipinski definition) is 1. The summed E-state index contributed by atoms with van der Waals surface area (Å²) in [5.41, 5.74) is 1.76. The lowest BCUT2D eigenvalue weighted by Gasteiger charge is -2.34. The van der Waals surface area contributed by atoms with Gasteiger partial charge in [-0.15, -0.1) is 24.0 Å². The van der Waals surface area contributed by atoms with Gasteiger partial charge in [0.05, 0.1) is 11.6 Å². The third-order valence-electron chi connectivity index (χ3n) is 4.51. The van der Waals surface area contributed by atoms with E-state index in [9.17, 15) is 0 Å². The summed E-state index contributed by atoms with van der Waals surface area (Å²) >= 11 is 0. The van der Waals surface area contributed by atoms with Crippen molar-refractivity contribution in [1.82, 2.24) is 10.2 Å². The quantitative estimate of drug-likeness (QED) is 0.415. The van der Waals surface area contributed by atoms with Crippen molar-refractivity contribution in [1.29, 1.82) is 5.26 Å². The molecule has 1 aliphatic heterocycles. The summed E-state index contributed by atoms with van der Waals surface area (Å²) in [6, 6.07) is 19.8. The number of ether oxygens (including phenoxy) is 1. The SMILES string of the molecule is CN=C(NCc1cccc(C#N)c1)N1CCC(Oc2ccccc2)CC1.I. The summed E-state index contributed by atoms with van der Waals surface area (Å²) in [4.78, 5) is 6.67. The lowest BCUT2D eigenvalue weighted by molar-refractivity contribution is 0.129. The maximum absolute atomic E-state index is 9.01. The van der Waals surface area contributed by atoms with Crippen LogP contribution >= 0.6 is 24.0 Å². The Bertz CT molecular complexity index is 780. The molecule has 2 aromatic rings. The van der Waals surface area contributed by atoms with Gasteiger partial charge in [0.15, 0.2) is 5.96 Å². The third kappa shape index (κ3) is 6.14. The van der Waals surface area contributed by atoms with Gasteiger partial charge in [0.25, 0.3) is 0 Å². The average Bonchev–Trinajstić information content (AvgIpc) is 2.70. The van der Waals surface area contributed by atoms with Gasteiger partial charge < -0.3 is 15.0 Å². The van der Waals surface area contributed by atoms with E-state index >= 15 is 0 Å². The fourth-order valence-electron chi connectivity index (χ4n) is 3.14. The van der Waals surface area contributed by atoms with Crippen LogP contribution in [-0.2, 0) is 6.54 Å². The van der Waals surface area contributed by atoms with Crippen LogP contribution in [-0.4, -0.2) is 37.1 Å². The standard InChI is InChI=1S/C21H24N4O.HI/c1-23-21(24-16-18-7-5-6-17(14-18)15-22)25-12-10-20(11-13-25)26-19-8-3-2-4-9-19;/h2-9,14,20H,10-13,16H2,1H3,(H,23,24);1H. The lowest BCUT2D eigenvalue weighted by Crippen LogP contribution is -2.47. The number of halogens is 1. The molecule has 1 heterocycles. The first-order valence-corrected chi connectivity index (χ1v) is 8.95. The molecular formula is C21H25IN4O. The Hall–Kier alpha value is -2.27. The number of nitrogens with zero attached hydrogens (tertiary/aromatic N) is 3. The first-order chi connectivity index (χ1) is 12.8. The van der Waals surface area contributed by atoms with Crippen molar-refractivity contribution < 1.29 is 4.74 Å². The Balaban J connectivity index is 0.00000261. The summed E-state index contributed by atoms with van der Waals surface area (Å²) in [6.07, 6.45) is 2.19. The van der Waals surface area contributed by atoms with E-state index in [2.05, 4.69) is 21.3 Å². The number of rotatable bonds is 4. The van der Waals surface area contributed by atoms with E-state index < -0.39 is 0 Å². The molecule has 142 valence electrons. The second-order valence-corrected chi connectivity index (χ2v) is 6.33. The number of nitrogens with one attached hydrogen (secondary N) is 1. The van der Waals surface area contributed by atoms with E-state index in [0.29, 0.717) is 12.1 Å². The van der Waals surface area contributed by atoms with Crippen LogP contribution in [0.1, 0.15) is 24.0 Å². The summed E-state index contributed by atoms with van der Waals surface area (Å²) in [5, 5.41) is 12.4. The number of nitriles is 1. The first-order valence-electron chi connectivity index (χ1n) is 8.95.